The number of likely N-dealkylation sites (tertiary alicyclic amines) is 1. The van der Waals surface area contributed by atoms with Crippen LogP contribution in [0.15, 0.2) is 24.3 Å². The molecule has 0 N–H and O–H groups in total. The molecule has 1 aromatic carbocycles. The van der Waals surface area contributed by atoms with Gasteiger partial charge in [-0.3, -0.25) is 0 Å². The lowest BCUT2D eigenvalue weighted by molar-refractivity contribution is 0.00360. The summed E-state index contributed by atoms with van der Waals surface area (Å²) in [5.41, 5.74) is 1.03. The van der Waals surface area contributed by atoms with Gasteiger partial charge in [0.2, 0.25) is 0 Å². The molecule has 0 spiro atoms. The highest BCUT2D eigenvalue weighted by Gasteiger charge is 2.33. The Morgan fingerprint density at radius 2 is 1.80 bits per heavy atom. The van der Waals surface area contributed by atoms with Crippen LogP contribution in [0.1, 0.15) is 69.4 Å². The number of ether oxygens (including phenoxy) is 2. The van der Waals surface area contributed by atoms with Gasteiger partial charge in [0, 0.05) is 6.54 Å². The van der Waals surface area contributed by atoms with Gasteiger partial charge in [-0.25, -0.2) is 9.59 Å². The normalized spacial score (nSPS) is 20.9. The van der Waals surface area contributed by atoms with Crippen molar-refractivity contribution < 1.29 is 19.1 Å². The Morgan fingerprint density at radius 3 is 2.36 bits per heavy atom. The third kappa shape index (κ3) is 5.21. The van der Waals surface area contributed by atoms with Crippen molar-refractivity contribution in [3.63, 3.8) is 0 Å². The maximum Gasteiger partial charge on any atom is 0.410 e. The van der Waals surface area contributed by atoms with E-state index < -0.39 is 5.60 Å². The molecule has 138 valence electrons. The molecule has 1 aliphatic rings. The molecule has 1 aliphatic heterocycles. The number of rotatable bonds is 3. The number of amides is 1. The second kappa shape index (κ2) is 7.89. The summed E-state index contributed by atoms with van der Waals surface area (Å²) >= 11 is 0. The molecule has 1 aromatic rings. The van der Waals surface area contributed by atoms with E-state index in [0.29, 0.717) is 24.6 Å². The Balaban J connectivity index is 2.19. The van der Waals surface area contributed by atoms with Crippen LogP contribution >= 0.6 is 0 Å². The summed E-state index contributed by atoms with van der Waals surface area (Å²) in [6.07, 6.45) is 1.67. The molecule has 25 heavy (non-hydrogen) atoms. The zero-order valence-electron chi connectivity index (χ0n) is 15.9. The number of carbonyl (C=O) groups is 2. The molecule has 1 fully saturated rings. The quantitative estimate of drug-likeness (QED) is 0.752. The lowest BCUT2D eigenvalue weighted by Gasteiger charge is -2.39. The highest BCUT2D eigenvalue weighted by molar-refractivity contribution is 5.89. The van der Waals surface area contributed by atoms with Crippen LogP contribution in [0, 0.1) is 5.92 Å². The summed E-state index contributed by atoms with van der Waals surface area (Å²) in [5, 5.41) is 0. The molecule has 1 saturated heterocycles. The first-order valence-electron chi connectivity index (χ1n) is 8.98. The van der Waals surface area contributed by atoms with Gasteiger partial charge in [0.05, 0.1) is 18.2 Å². The number of esters is 1. The number of piperidine rings is 1. The van der Waals surface area contributed by atoms with E-state index in [1.54, 1.807) is 19.1 Å². The van der Waals surface area contributed by atoms with Gasteiger partial charge in [-0.2, -0.15) is 0 Å². The summed E-state index contributed by atoms with van der Waals surface area (Å²) in [6.45, 7) is 10.6. The Hall–Kier alpha value is -2.04. The molecule has 0 unspecified atom stereocenters. The molecule has 5 nitrogen and oxygen atoms in total. The smallest absolute Gasteiger partial charge is 0.410 e. The molecular weight excluding hydrogens is 318 g/mol. The molecular formula is C20H29NO4. The van der Waals surface area contributed by atoms with Gasteiger partial charge < -0.3 is 14.4 Å². The fraction of sp³-hybridized carbons (Fsp3) is 0.600. The van der Waals surface area contributed by atoms with Gasteiger partial charge in [-0.05, 0) is 64.2 Å². The number of hydrogen-bond acceptors (Lipinski definition) is 4. The molecule has 0 bridgehead atoms. The van der Waals surface area contributed by atoms with Crippen molar-refractivity contribution in [2.45, 2.75) is 59.1 Å². The van der Waals surface area contributed by atoms with Crippen LogP contribution in [0.25, 0.3) is 0 Å². The molecule has 0 radical (unpaired) electrons. The van der Waals surface area contributed by atoms with Crippen LogP contribution in [0.2, 0.25) is 0 Å². The molecule has 2 atom stereocenters. The van der Waals surface area contributed by atoms with Crippen molar-refractivity contribution >= 4 is 12.1 Å². The fourth-order valence-electron chi connectivity index (χ4n) is 3.08. The molecule has 2 rings (SSSR count). The zero-order valence-corrected chi connectivity index (χ0v) is 15.9. The van der Waals surface area contributed by atoms with Gasteiger partial charge in [-0.15, -0.1) is 0 Å². The van der Waals surface area contributed by atoms with E-state index in [0.717, 1.165) is 18.4 Å². The maximum atomic E-state index is 12.6. The van der Waals surface area contributed by atoms with Crippen molar-refractivity contribution in [2.75, 3.05) is 13.2 Å². The van der Waals surface area contributed by atoms with Gasteiger partial charge in [0.15, 0.2) is 0 Å². The highest BCUT2D eigenvalue weighted by Crippen LogP contribution is 2.34. The number of carbonyl (C=O) groups excluding carboxylic acids is 2. The first-order chi connectivity index (χ1) is 11.7. The van der Waals surface area contributed by atoms with E-state index >= 15 is 0 Å². The van der Waals surface area contributed by atoms with E-state index in [9.17, 15) is 9.59 Å². The van der Waals surface area contributed by atoms with E-state index in [1.165, 1.54) is 0 Å². The summed E-state index contributed by atoms with van der Waals surface area (Å²) in [4.78, 5) is 26.2. The SMILES string of the molecule is CCOC(=O)c1ccc([C@@H]2CC[C@@H](C)CN2C(=O)OC(C)(C)C)cc1. The number of nitrogens with zero attached hydrogens (tertiary/aromatic N) is 1. The highest BCUT2D eigenvalue weighted by atomic mass is 16.6. The third-order valence-corrected chi connectivity index (χ3v) is 4.25. The summed E-state index contributed by atoms with van der Waals surface area (Å²) in [7, 11) is 0. The van der Waals surface area contributed by atoms with Crippen LogP contribution in [-0.2, 0) is 9.47 Å². The van der Waals surface area contributed by atoms with Crippen LogP contribution < -0.4 is 0 Å². The van der Waals surface area contributed by atoms with Crippen molar-refractivity contribution in [2.24, 2.45) is 5.92 Å². The Bertz CT molecular complexity index is 603. The van der Waals surface area contributed by atoms with Crippen LogP contribution in [0.3, 0.4) is 0 Å². The Labute approximate surface area is 150 Å². The van der Waals surface area contributed by atoms with Crippen LogP contribution in [0.4, 0.5) is 4.79 Å². The Kier molecular flexibility index (Phi) is 6.09. The molecule has 0 aliphatic carbocycles. The topological polar surface area (TPSA) is 55.8 Å². The molecule has 1 amide bonds. The van der Waals surface area contributed by atoms with Gasteiger partial charge >= 0.3 is 12.1 Å². The minimum atomic E-state index is -0.518. The first kappa shape index (κ1) is 19.3. The minimum absolute atomic E-state index is 0.0257. The van der Waals surface area contributed by atoms with Gasteiger partial charge in [0.1, 0.15) is 5.60 Å². The largest absolute Gasteiger partial charge is 0.462 e. The lowest BCUT2D eigenvalue weighted by Crippen LogP contribution is -2.44. The van der Waals surface area contributed by atoms with Gasteiger partial charge in [0.25, 0.3) is 0 Å². The third-order valence-electron chi connectivity index (χ3n) is 4.25. The second-order valence-corrected chi connectivity index (χ2v) is 7.67. The predicted octanol–water partition coefficient (Wildman–Crippen LogP) is 4.57. The number of benzene rings is 1. The average molecular weight is 347 g/mol. The first-order valence-corrected chi connectivity index (χ1v) is 8.98. The van der Waals surface area contributed by atoms with Crippen LogP contribution in [-0.4, -0.2) is 35.7 Å². The van der Waals surface area contributed by atoms with E-state index in [-0.39, 0.29) is 18.1 Å². The van der Waals surface area contributed by atoms with Crippen molar-refractivity contribution in [3.05, 3.63) is 35.4 Å². The maximum absolute atomic E-state index is 12.6. The standard InChI is InChI=1S/C20H29NO4/c1-6-24-18(22)16-10-8-15(9-11-16)17-12-7-14(2)13-21(17)19(23)25-20(3,4)5/h8-11,14,17H,6-7,12-13H2,1-5H3/t14-,17+/m1/s1. The van der Waals surface area contributed by atoms with Crippen molar-refractivity contribution in [1.82, 2.24) is 4.90 Å². The predicted molar refractivity (Wildman–Crippen MR) is 96.5 cm³/mol. The summed E-state index contributed by atoms with van der Waals surface area (Å²) in [5.74, 6) is 0.123. The molecule has 1 heterocycles. The fourth-order valence-corrected chi connectivity index (χ4v) is 3.08. The lowest BCUT2D eigenvalue weighted by atomic mass is 9.90. The minimum Gasteiger partial charge on any atom is -0.462 e. The molecule has 5 heteroatoms. The average Bonchev–Trinajstić information content (AvgIpc) is 2.53. The van der Waals surface area contributed by atoms with Crippen LogP contribution in [0.5, 0.6) is 0 Å². The summed E-state index contributed by atoms with van der Waals surface area (Å²) < 4.78 is 10.6. The monoisotopic (exact) mass is 347 g/mol. The Morgan fingerprint density at radius 1 is 1.16 bits per heavy atom. The second-order valence-electron chi connectivity index (χ2n) is 7.67. The molecule has 0 aromatic heterocycles. The van der Waals surface area contributed by atoms with E-state index in [1.807, 2.05) is 37.8 Å². The van der Waals surface area contributed by atoms with E-state index in [2.05, 4.69) is 6.92 Å². The zero-order chi connectivity index (χ0) is 18.6. The summed E-state index contributed by atoms with van der Waals surface area (Å²) in [6, 6.07) is 7.31. The van der Waals surface area contributed by atoms with Gasteiger partial charge in [-0.1, -0.05) is 19.1 Å². The van der Waals surface area contributed by atoms with Crippen molar-refractivity contribution in [3.8, 4) is 0 Å². The van der Waals surface area contributed by atoms with Crippen molar-refractivity contribution in [1.29, 1.82) is 0 Å². The molecule has 0 saturated carbocycles. The van der Waals surface area contributed by atoms with E-state index in [4.69, 9.17) is 9.47 Å². The number of hydrogen-bond donors (Lipinski definition) is 0.